The fourth-order valence-corrected chi connectivity index (χ4v) is 1.16. The molecule has 0 aromatic carbocycles. The number of rotatable bonds is 6. The Bertz CT molecular complexity index is 288. The molecule has 2 N–H and O–H groups in total. The van der Waals surface area contributed by atoms with Crippen LogP contribution >= 0.6 is 0 Å². The monoisotopic (exact) mass is 276 g/mol. The molecule has 7 nitrogen and oxygen atoms in total. The molecule has 19 heavy (non-hydrogen) atoms. The minimum absolute atomic E-state index is 0.0738. The van der Waals surface area contributed by atoms with Crippen molar-refractivity contribution >= 4 is 12.2 Å². The lowest BCUT2D eigenvalue weighted by Gasteiger charge is -2.26. The molecule has 0 radical (unpaired) electrons. The molecule has 0 aliphatic carbocycles. The van der Waals surface area contributed by atoms with Gasteiger partial charge in [-0.25, -0.2) is 9.59 Å². The van der Waals surface area contributed by atoms with Gasteiger partial charge < -0.3 is 24.8 Å². The van der Waals surface area contributed by atoms with Crippen molar-refractivity contribution in [3.8, 4) is 0 Å². The number of ether oxygens (including phenoxy) is 2. The summed E-state index contributed by atoms with van der Waals surface area (Å²) in [5, 5.41) is 10.9. The Hall–Kier alpha value is -1.50. The molecule has 0 bridgehead atoms. The summed E-state index contributed by atoms with van der Waals surface area (Å²) in [5.74, 6) is 0. The van der Waals surface area contributed by atoms with Gasteiger partial charge in [-0.2, -0.15) is 0 Å². The van der Waals surface area contributed by atoms with Crippen LogP contribution in [-0.4, -0.2) is 60.6 Å². The second-order valence-electron chi connectivity index (χ2n) is 4.85. The summed E-state index contributed by atoms with van der Waals surface area (Å²) in [6.45, 7) is 7.98. The number of hydrogen-bond donors (Lipinski definition) is 2. The number of carbonyl (C=O) groups is 2. The van der Waals surface area contributed by atoms with E-state index in [0.29, 0.717) is 6.54 Å². The van der Waals surface area contributed by atoms with E-state index in [1.807, 2.05) is 6.92 Å². The van der Waals surface area contributed by atoms with E-state index in [-0.39, 0.29) is 26.3 Å². The minimum Gasteiger partial charge on any atom is -0.448 e. The zero-order chi connectivity index (χ0) is 14.9. The first kappa shape index (κ1) is 17.5. The molecule has 0 aliphatic rings. The lowest BCUT2D eigenvalue weighted by atomic mass is 10.2. The normalized spacial score (nSPS) is 10.8. The van der Waals surface area contributed by atoms with Gasteiger partial charge in [-0.3, -0.25) is 0 Å². The Morgan fingerprint density at radius 3 is 2.42 bits per heavy atom. The Kier molecular flexibility index (Phi) is 7.90. The van der Waals surface area contributed by atoms with Crippen molar-refractivity contribution in [3.05, 3.63) is 0 Å². The maximum absolute atomic E-state index is 11.8. The predicted octanol–water partition coefficient (Wildman–Crippen LogP) is 0.962. The van der Waals surface area contributed by atoms with Crippen LogP contribution in [0.25, 0.3) is 0 Å². The average molecular weight is 276 g/mol. The lowest BCUT2D eigenvalue weighted by Crippen LogP contribution is -2.39. The van der Waals surface area contributed by atoms with E-state index in [4.69, 9.17) is 14.6 Å². The number of aliphatic hydroxyl groups excluding tert-OH is 1. The second kappa shape index (κ2) is 8.58. The van der Waals surface area contributed by atoms with Crippen molar-refractivity contribution in [1.82, 2.24) is 10.2 Å². The molecule has 0 aromatic heterocycles. The average Bonchev–Trinajstić information content (AvgIpc) is 2.29. The summed E-state index contributed by atoms with van der Waals surface area (Å²) in [6, 6.07) is 0. The van der Waals surface area contributed by atoms with E-state index >= 15 is 0 Å². The smallest absolute Gasteiger partial charge is 0.410 e. The second-order valence-corrected chi connectivity index (χ2v) is 4.85. The number of amides is 2. The first-order valence-corrected chi connectivity index (χ1v) is 6.29. The van der Waals surface area contributed by atoms with Gasteiger partial charge >= 0.3 is 12.2 Å². The first-order valence-electron chi connectivity index (χ1n) is 6.29. The van der Waals surface area contributed by atoms with E-state index in [0.717, 1.165) is 0 Å². The number of aliphatic hydroxyl groups is 1. The number of likely N-dealkylation sites (N-methyl/N-ethyl adjacent to an activating group) is 1. The largest absolute Gasteiger partial charge is 0.448 e. The van der Waals surface area contributed by atoms with E-state index in [2.05, 4.69) is 5.32 Å². The summed E-state index contributed by atoms with van der Waals surface area (Å²) >= 11 is 0. The molecule has 0 aromatic rings. The van der Waals surface area contributed by atoms with Crippen LogP contribution in [0.3, 0.4) is 0 Å². The van der Waals surface area contributed by atoms with Crippen LogP contribution in [0.4, 0.5) is 9.59 Å². The van der Waals surface area contributed by atoms with Crippen LogP contribution in [0.15, 0.2) is 0 Å². The highest BCUT2D eigenvalue weighted by Gasteiger charge is 2.21. The van der Waals surface area contributed by atoms with Crippen LogP contribution in [0.2, 0.25) is 0 Å². The third-order valence-corrected chi connectivity index (χ3v) is 2.01. The molecule has 0 heterocycles. The van der Waals surface area contributed by atoms with Crippen LogP contribution < -0.4 is 5.32 Å². The highest BCUT2D eigenvalue weighted by atomic mass is 16.6. The van der Waals surface area contributed by atoms with Crippen LogP contribution in [0, 0.1) is 0 Å². The third-order valence-electron chi connectivity index (χ3n) is 2.01. The summed E-state index contributed by atoms with van der Waals surface area (Å²) in [5.41, 5.74) is -0.552. The highest BCUT2D eigenvalue weighted by molar-refractivity contribution is 5.68. The Morgan fingerprint density at radius 2 is 1.95 bits per heavy atom. The van der Waals surface area contributed by atoms with Crippen molar-refractivity contribution in [2.75, 3.05) is 32.8 Å². The number of nitrogens with one attached hydrogen (secondary N) is 1. The van der Waals surface area contributed by atoms with E-state index in [9.17, 15) is 9.59 Å². The van der Waals surface area contributed by atoms with Crippen LogP contribution in [0.5, 0.6) is 0 Å². The number of alkyl carbamates (subject to hydrolysis) is 1. The van der Waals surface area contributed by atoms with Crippen LogP contribution in [-0.2, 0) is 9.47 Å². The molecule has 112 valence electrons. The molecule has 0 saturated heterocycles. The number of hydrogen-bond acceptors (Lipinski definition) is 5. The fourth-order valence-electron chi connectivity index (χ4n) is 1.16. The van der Waals surface area contributed by atoms with Gasteiger partial charge in [-0.1, -0.05) is 0 Å². The van der Waals surface area contributed by atoms with Gasteiger partial charge in [-0.05, 0) is 27.7 Å². The predicted molar refractivity (Wildman–Crippen MR) is 69.9 cm³/mol. The van der Waals surface area contributed by atoms with Gasteiger partial charge in [-0.15, -0.1) is 0 Å². The quantitative estimate of drug-likeness (QED) is 0.754. The van der Waals surface area contributed by atoms with E-state index < -0.39 is 17.8 Å². The molecule has 0 atom stereocenters. The Morgan fingerprint density at radius 1 is 1.32 bits per heavy atom. The van der Waals surface area contributed by atoms with Gasteiger partial charge in [0.25, 0.3) is 0 Å². The molecular weight excluding hydrogens is 252 g/mol. The SMILES string of the molecule is CCN(CCOC(=O)NCCO)C(=O)OC(C)(C)C. The summed E-state index contributed by atoms with van der Waals surface area (Å²) in [4.78, 5) is 24.3. The maximum Gasteiger partial charge on any atom is 0.410 e. The molecule has 0 spiro atoms. The zero-order valence-corrected chi connectivity index (χ0v) is 12.1. The molecule has 0 rings (SSSR count). The third kappa shape index (κ3) is 9.12. The van der Waals surface area contributed by atoms with Crippen molar-refractivity contribution in [1.29, 1.82) is 0 Å². The van der Waals surface area contributed by atoms with Gasteiger partial charge in [0, 0.05) is 13.1 Å². The minimum atomic E-state index is -0.616. The van der Waals surface area contributed by atoms with Crippen molar-refractivity contribution in [3.63, 3.8) is 0 Å². The Labute approximate surface area is 113 Å². The maximum atomic E-state index is 11.8. The lowest BCUT2D eigenvalue weighted by molar-refractivity contribution is 0.0219. The van der Waals surface area contributed by atoms with Crippen molar-refractivity contribution in [2.24, 2.45) is 0 Å². The molecule has 2 amide bonds. The molecule has 7 heteroatoms. The van der Waals surface area contributed by atoms with Crippen LogP contribution in [0.1, 0.15) is 27.7 Å². The number of carbonyl (C=O) groups excluding carboxylic acids is 2. The van der Waals surface area contributed by atoms with Gasteiger partial charge in [0.05, 0.1) is 13.2 Å². The fraction of sp³-hybridized carbons (Fsp3) is 0.833. The summed E-state index contributed by atoms with van der Waals surface area (Å²) < 4.78 is 10.1. The summed E-state index contributed by atoms with van der Waals surface area (Å²) in [7, 11) is 0. The van der Waals surface area contributed by atoms with Gasteiger partial charge in [0.15, 0.2) is 0 Å². The molecule has 0 aliphatic heterocycles. The number of nitrogens with zero attached hydrogens (tertiary/aromatic N) is 1. The topological polar surface area (TPSA) is 88.1 Å². The van der Waals surface area contributed by atoms with Gasteiger partial charge in [0.2, 0.25) is 0 Å². The first-order chi connectivity index (χ1) is 8.80. The van der Waals surface area contributed by atoms with Crippen molar-refractivity contribution in [2.45, 2.75) is 33.3 Å². The van der Waals surface area contributed by atoms with E-state index in [1.54, 1.807) is 20.8 Å². The Balaban J connectivity index is 4.00. The summed E-state index contributed by atoms with van der Waals surface area (Å²) in [6.07, 6.45) is -1.05. The molecular formula is C12H24N2O5. The highest BCUT2D eigenvalue weighted by Crippen LogP contribution is 2.09. The molecule has 0 unspecified atom stereocenters. The molecule has 0 saturated carbocycles. The zero-order valence-electron chi connectivity index (χ0n) is 12.1. The van der Waals surface area contributed by atoms with E-state index in [1.165, 1.54) is 4.90 Å². The standard InChI is InChI=1S/C12H24N2O5/c1-5-14(11(17)19-12(2,3)4)7-9-18-10(16)13-6-8-15/h15H,5-9H2,1-4H3,(H,13,16). The van der Waals surface area contributed by atoms with Gasteiger partial charge in [0.1, 0.15) is 12.2 Å². The van der Waals surface area contributed by atoms with Crippen molar-refractivity contribution < 1.29 is 24.2 Å². The molecule has 0 fully saturated rings.